The van der Waals surface area contributed by atoms with E-state index in [2.05, 4.69) is 59.6 Å². The average Bonchev–Trinajstić information content (AvgIpc) is 3.36. The quantitative estimate of drug-likeness (QED) is 0.418. The molecule has 3 aromatic carbocycles. The summed E-state index contributed by atoms with van der Waals surface area (Å²) in [4.78, 5) is 16.5. The number of hydrogen-bond donors (Lipinski definition) is 1. The van der Waals surface area contributed by atoms with E-state index in [4.69, 9.17) is 9.47 Å². The van der Waals surface area contributed by atoms with Gasteiger partial charge in [-0.05, 0) is 49.2 Å². The first kappa shape index (κ1) is 21.2. The highest BCUT2D eigenvalue weighted by Gasteiger charge is 2.41. The van der Waals surface area contributed by atoms with Gasteiger partial charge in [0.15, 0.2) is 0 Å². The van der Waals surface area contributed by atoms with Gasteiger partial charge in [-0.3, -0.25) is 0 Å². The van der Waals surface area contributed by atoms with Gasteiger partial charge >= 0.3 is 5.97 Å². The molecule has 0 spiro atoms. The van der Waals surface area contributed by atoms with E-state index in [0.717, 1.165) is 39.3 Å². The largest absolute Gasteiger partial charge is 0.480 e. The molecule has 2 aliphatic heterocycles. The van der Waals surface area contributed by atoms with Crippen molar-refractivity contribution in [3.63, 3.8) is 0 Å². The van der Waals surface area contributed by atoms with Crippen LogP contribution in [0.25, 0.3) is 5.70 Å². The smallest absolute Gasteiger partial charge is 0.337 e. The van der Waals surface area contributed by atoms with E-state index < -0.39 is 6.10 Å². The number of benzene rings is 3. The topological polar surface area (TPSA) is 78.3 Å². The van der Waals surface area contributed by atoms with Crippen LogP contribution in [0.5, 0.6) is 5.75 Å². The second-order valence-corrected chi connectivity index (χ2v) is 8.91. The molecule has 0 fully saturated rings. The first-order chi connectivity index (χ1) is 17.0. The molecule has 0 saturated carbocycles. The summed E-state index contributed by atoms with van der Waals surface area (Å²) in [5.41, 5.74) is 7.85. The fraction of sp³-hybridized carbons (Fsp3) is 0.179. The maximum absolute atomic E-state index is 12.0. The average molecular weight is 465 g/mol. The maximum atomic E-state index is 12.0. The highest BCUT2D eigenvalue weighted by atomic mass is 16.5. The van der Waals surface area contributed by atoms with Gasteiger partial charge in [-0.25, -0.2) is 9.48 Å². The number of nitrogens with zero attached hydrogens (tertiary/aromatic N) is 3. The molecular weight excluding hydrogens is 440 g/mol. The summed E-state index contributed by atoms with van der Waals surface area (Å²) >= 11 is 0. The van der Waals surface area contributed by atoms with E-state index in [0.29, 0.717) is 11.5 Å². The lowest BCUT2D eigenvalue weighted by molar-refractivity contribution is 0.0600. The van der Waals surface area contributed by atoms with E-state index in [9.17, 15) is 4.79 Å². The lowest BCUT2D eigenvalue weighted by atomic mass is 9.84. The van der Waals surface area contributed by atoms with Crippen molar-refractivity contribution in [1.29, 1.82) is 0 Å². The molecule has 1 aromatic heterocycles. The van der Waals surface area contributed by atoms with Crippen molar-refractivity contribution in [2.24, 2.45) is 0 Å². The number of aromatic nitrogens is 3. The van der Waals surface area contributed by atoms with Gasteiger partial charge in [0.05, 0.1) is 18.4 Å². The standard InChI is InChI=1S/C28H24N4O3/c1-16-4-7-18(8-5-16)25-23-24(31-28-29-15-30-32(25)28)21-14-17(2)6-13-22(21)35-26(23)19-9-11-20(12-10-19)27(33)34-3/h4-15,25-26H,1-3H3,(H,29,30,31). The number of rotatable bonds is 3. The summed E-state index contributed by atoms with van der Waals surface area (Å²) in [6.07, 6.45) is 1.17. The van der Waals surface area contributed by atoms with Crippen LogP contribution in [0.2, 0.25) is 0 Å². The third kappa shape index (κ3) is 3.47. The summed E-state index contributed by atoms with van der Waals surface area (Å²) in [6.45, 7) is 4.15. The fourth-order valence-corrected chi connectivity index (χ4v) is 4.84. The van der Waals surface area contributed by atoms with Gasteiger partial charge in [0.25, 0.3) is 0 Å². The van der Waals surface area contributed by atoms with Crippen LogP contribution in [0.15, 0.2) is 78.6 Å². The fourth-order valence-electron chi connectivity index (χ4n) is 4.84. The van der Waals surface area contributed by atoms with Gasteiger partial charge in [-0.15, -0.1) is 0 Å². The molecule has 0 amide bonds. The van der Waals surface area contributed by atoms with Crippen LogP contribution in [0, 0.1) is 13.8 Å². The van der Waals surface area contributed by atoms with Crippen molar-refractivity contribution in [3.8, 4) is 5.75 Å². The summed E-state index contributed by atoms with van der Waals surface area (Å²) in [6, 6.07) is 21.8. The second kappa shape index (κ2) is 8.13. The number of methoxy groups -OCH3 is 1. The van der Waals surface area contributed by atoms with E-state index in [1.807, 2.05) is 28.9 Å². The van der Waals surface area contributed by atoms with Crippen LogP contribution >= 0.6 is 0 Å². The lowest BCUT2D eigenvalue weighted by Gasteiger charge is -2.39. The zero-order valence-corrected chi connectivity index (χ0v) is 19.6. The van der Waals surface area contributed by atoms with Crippen LogP contribution in [0.3, 0.4) is 0 Å². The third-order valence-electron chi connectivity index (χ3n) is 6.60. The zero-order valence-electron chi connectivity index (χ0n) is 19.6. The molecule has 0 radical (unpaired) electrons. The molecule has 1 N–H and O–H groups in total. The summed E-state index contributed by atoms with van der Waals surface area (Å²) in [7, 11) is 1.38. The number of carbonyl (C=O) groups is 1. The van der Waals surface area contributed by atoms with Gasteiger partial charge < -0.3 is 14.8 Å². The van der Waals surface area contributed by atoms with Crippen molar-refractivity contribution in [1.82, 2.24) is 14.8 Å². The molecule has 0 saturated heterocycles. The first-order valence-electron chi connectivity index (χ1n) is 11.5. The van der Waals surface area contributed by atoms with Crippen LogP contribution in [0.4, 0.5) is 5.95 Å². The highest BCUT2D eigenvalue weighted by molar-refractivity contribution is 5.89. The Morgan fingerprint density at radius 3 is 2.43 bits per heavy atom. The molecular formula is C28H24N4O3. The van der Waals surface area contributed by atoms with Crippen LogP contribution < -0.4 is 10.1 Å². The minimum atomic E-state index is -0.400. The Morgan fingerprint density at radius 1 is 0.971 bits per heavy atom. The lowest BCUT2D eigenvalue weighted by Crippen LogP contribution is -2.32. The van der Waals surface area contributed by atoms with Crippen molar-refractivity contribution in [2.75, 3.05) is 12.4 Å². The summed E-state index contributed by atoms with van der Waals surface area (Å²) in [5.74, 6) is 1.11. The Labute approximate surface area is 203 Å². The molecule has 7 heteroatoms. The van der Waals surface area contributed by atoms with Crippen molar-refractivity contribution in [3.05, 3.63) is 112 Å². The second-order valence-electron chi connectivity index (χ2n) is 8.91. The molecule has 4 aromatic rings. The van der Waals surface area contributed by atoms with E-state index in [-0.39, 0.29) is 12.0 Å². The van der Waals surface area contributed by atoms with Crippen molar-refractivity contribution < 1.29 is 14.3 Å². The molecule has 7 nitrogen and oxygen atoms in total. The predicted molar refractivity (Wildman–Crippen MR) is 132 cm³/mol. The number of nitrogens with one attached hydrogen (secondary N) is 1. The van der Waals surface area contributed by atoms with Gasteiger partial charge in [0, 0.05) is 11.1 Å². The van der Waals surface area contributed by atoms with Gasteiger partial charge in [0.2, 0.25) is 5.95 Å². The number of ether oxygens (including phenoxy) is 2. The molecule has 35 heavy (non-hydrogen) atoms. The van der Waals surface area contributed by atoms with Crippen molar-refractivity contribution >= 4 is 17.6 Å². The summed E-state index contributed by atoms with van der Waals surface area (Å²) in [5, 5.41) is 8.10. The third-order valence-corrected chi connectivity index (χ3v) is 6.60. The predicted octanol–water partition coefficient (Wildman–Crippen LogP) is 5.24. The SMILES string of the molecule is COC(=O)c1ccc(C2Oc3ccc(C)cc3C3=C2C(c2ccc(C)cc2)n2ncnc2N3)cc1. The molecule has 2 unspecified atom stereocenters. The highest BCUT2D eigenvalue weighted by Crippen LogP contribution is 2.50. The summed E-state index contributed by atoms with van der Waals surface area (Å²) < 4.78 is 13.4. The van der Waals surface area contributed by atoms with E-state index in [1.54, 1.807) is 18.5 Å². The number of esters is 1. The molecule has 174 valence electrons. The molecule has 3 heterocycles. The number of carbonyl (C=O) groups excluding carboxylic acids is 1. The molecule has 2 atom stereocenters. The molecule has 0 aliphatic carbocycles. The molecule has 6 rings (SSSR count). The van der Waals surface area contributed by atoms with Gasteiger partial charge in [-0.2, -0.15) is 10.1 Å². The van der Waals surface area contributed by atoms with Crippen LogP contribution in [0.1, 0.15) is 50.3 Å². The number of fused-ring (bicyclic) bond motifs is 3. The monoisotopic (exact) mass is 464 g/mol. The van der Waals surface area contributed by atoms with Gasteiger partial charge in [-0.1, -0.05) is 53.6 Å². The molecule has 0 bridgehead atoms. The normalized spacial score (nSPS) is 18.0. The Morgan fingerprint density at radius 2 is 1.69 bits per heavy atom. The van der Waals surface area contributed by atoms with Gasteiger partial charge in [0.1, 0.15) is 24.2 Å². The van der Waals surface area contributed by atoms with Crippen LogP contribution in [-0.4, -0.2) is 27.8 Å². The van der Waals surface area contributed by atoms with E-state index in [1.165, 1.54) is 12.7 Å². The molecule has 2 aliphatic rings. The first-order valence-corrected chi connectivity index (χ1v) is 11.5. The Hall–Kier alpha value is -4.39. The Bertz CT molecular complexity index is 1470. The minimum Gasteiger partial charge on any atom is -0.480 e. The minimum absolute atomic E-state index is 0.219. The Kier molecular flexibility index (Phi) is 4.91. The van der Waals surface area contributed by atoms with Crippen molar-refractivity contribution in [2.45, 2.75) is 26.0 Å². The van der Waals surface area contributed by atoms with E-state index >= 15 is 0 Å². The number of anilines is 1. The maximum Gasteiger partial charge on any atom is 0.337 e. The zero-order chi connectivity index (χ0) is 24.1. The number of aryl methyl sites for hydroxylation is 2. The number of hydrogen-bond acceptors (Lipinski definition) is 6. The van der Waals surface area contributed by atoms with Crippen LogP contribution in [-0.2, 0) is 4.74 Å². The Balaban J connectivity index is 1.57.